The molecule has 1 atom stereocenters. The van der Waals surface area contributed by atoms with Crippen LogP contribution in [0.4, 0.5) is 31.2 Å². The van der Waals surface area contributed by atoms with Gasteiger partial charge in [-0.05, 0) is 46.6 Å². The van der Waals surface area contributed by atoms with Gasteiger partial charge in [0.25, 0.3) is 0 Å². The monoisotopic (exact) mass is 509 g/mol. The van der Waals surface area contributed by atoms with Crippen molar-refractivity contribution in [1.29, 1.82) is 0 Å². The summed E-state index contributed by atoms with van der Waals surface area (Å²) in [5, 5.41) is 2.80. The van der Waals surface area contributed by atoms with Crippen LogP contribution >= 0.6 is 0 Å². The highest BCUT2D eigenvalue weighted by molar-refractivity contribution is 6.03. The van der Waals surface area contributed by atoms with E-state index in [-0.39, 0.29) is 23.8 Å². The summed E-state index contributed by atoms with van der Waals surface area (Å²) in [6.07, 6.45) is 6.19. The van der Waals surface area contributed by atoms with Gasteiger partial charge in [-0.3, -0.25) is 4.90 Å². The summed E-state index contributed by atoms with van der Waals surface area (Å²) >= 11 is 0. The van der Waals surface area contributed by atoms with Gasteiger partial charge in [0.15, 0.2) is 11.5 Å². The minimum atomic E-state index is -0.547. The number of fused-ring (bicyclic) bond motifs is 2. The molecular formula is C26H32FN7O3. The van der Waals surface area contributed by atoms with Crippen LogP contribution in [-0.2, 0) is 11.2 Å². The minimum Gasteiger partial charge on any atom is -0.444 e. The summed E-state index contributed by atoms with van der Waals surface area (Å²) < 4.78 is 21.6. The standard InChI is InChI=1S/C26H32FN7O3/c1-16-13-33-14-17(12-20(27)23(33)29-16)30-24(35)34-11-8-19-21(6-9-28-22(19)34)32-10-7-18(15-32)31(5)25(36)37-26(2,3)4/h6,9,12-14,18H,7-8,10-11,15H2,1-5H3,(H,30,35)/t18-/m0/s1. The number of nitrogens with zero attached hydrogens (tertiary/aromatic N) is 6. The fraction of sp³-hybridized carbons (Fsp3) is 0.462. The number of hydrogen-bond donors (Lipinski definition) is 1. The normalized spacial score (nSPS) is 17.3. The Labute approximate surface area is 215 Å². The molecule has 0 unspecified atom stereocenters. The van der Waals surface area contributed by atoms with Crippen molar-refractivity contribution >= 4 is 35.0 Å². The van der Waals surface area contributed by atoms with Crippen molar-refractivity contribution in [3.05, 3.63) is 47.8 Å². The average Bonchev–Trinajstić information content (AvgIpc) is 3.55. The molecule has 0 saturated carbocycles. The first kappa shape index (κ1) is 24.8. The first-order valence-corrected chi connectivity index (χ1v) is 12.4. The summed E-state index contributed by atoms with van der Waals surface area (Å²) in [6.45, 7) is 9.27. The molecule has 1 fully saturated rings. The molecule has 2 aliphatic rings. The topological polar surface area (TPSA) is 95.3 Å². The van der Waals surface area contributed by atoms with Crippen LogP contribution in [0.1, 0.15) is 38.4 Å². The second kappa shape index (κ2) is 9.20. The van der Waals surface area contributed by atoms with E-state index in [9.17, 15) is 14.0 Å². The Morgan fingerprint density at radius 2 is 2.03 bits per heavy atom. The summed E-state index contributed by atoms with van der Waals surface area (Å²) in [7, 11) is 1.77. The highest BCUT2D eigenvalue weighted by Gasteiger charge is 2.35. The predicted molar refractivity (Wildman–Crippen MR) is 139 cm³/mol. The van der Waals surface area contributed by atoms with Gasteiger partial charge >= 0.3 is 12.1 Å². The number of halogens is 1. The van der Waals surface area contributed by atoms with E-state index in [1.807, 2.05) is 26.8 Å². The quantitative estimate of drug-likeness (QED) is 0.568. The fourth-order valence-electron chi connectivity index (χ4n) is 4.97. The molecule has 3 aromatic heterocycles. The number of ether oxygens (including phenoxy) is 1. The lowest BCUT2D eigenvalue weighted by Gasteiger charge is -2.29. The molecule has 0 spiro atoms. The van der Waals surface area contributed by atoms with Crippen LogP contribution in [0.25, 0.3) is 5.65 Å². The van der Waals surface area contributed by atoms with Gasteiger partial charge in [-0.15, -0.1) is 0 Å². The average molecular weight is 510 g/mol. The summed E-state index contributed by atoms with van der Waals surface area (Å²) in [5.41, 5.74) is 2.70. The first-order valence-electron chi connectivity index (χ1n) is 12.4. The van der Waals surface area contributed by atoms with E-state index in [1.54, 1.807) is 46.8 Å². The number of carbonyl (C=O) groups is 2. The third-order valence-corrected chi connectivity index (χ3v) is 6.71. The zero-order valence-electron chi connectivity index (χ0n) is 21.8. The number of imidazole rings is 1. The van der Waals surface area contributed by atoms with Crippen LogP contribution in [0.15, 0.2) is 30.7 Å². The minimum absolute atomic E-state index is 0.0242. The lowest BCUT2D eigenvalue weighted by molar-refractivity contribution is 0.0238. The number of amides is 3. The van der Waals surface area contributed by atoms with E-state index in [4.69, 9.17) is 4.74 Å². The fourth-order valence-corrected chi connectivity index (χ4v) is 4.97. The number of pyridine rings is 2. The molecule has 0 radical (unpaired) electrons. The van der Waals surface area contributed by atoms with Gasteiger partial charge in [-0.1, -0.05) is 0 Å². The van der Waals surface area contributed by atoms with Gasteiger partial charge < -0.3 is 24.3 Å². The second-order valence-electron chi connectivity index (χ2n) is 10.6. The Bertz CT molecular complexity index is 1370. The van der Waals surface area contributed by atoms with Gasteiger partial charge in [0.05, 0.1) is 17.4 Å². The molecular weight excluding hydrogens is 477 g/mol. The molecule has 10 nitrogen and oxygen atoms in total. The van der Waals surface area contributed by atoms with Crippen molar-refractivity contribution < 1.29 is 18.7 Å². The Morgan fingerprint density at radius 3 is 2.78 bits per heavy atom. The van der Waals surface area contributed by atoms with Gasteiger partial charge in [-0.2, -0.15) is 0 Å². The Balaban J connectivity index is 1.30. The molecule has 2 aliphatic heterocycles. The Kier molecular flexibility index (Phi) is 6.17. The summed E-state index contributed by atoms with van der Waals surface area (Å²) in [4.78, 5) is 39.8. The number of hydrogen-bond acceptors (Lipinski definition) is 6. The summed E-state index contributed by atoms with van der Waals surface area (Å²) in [5.74, 6) is 0.0899. The predicted octanol–water partition coefficient (Wildman–Crippen LogP) is 4.22. The molecule has 0 aliphatic carbocycles. The Hall–Kier alpha value is -3.89. The van der Waals surface area contributed by atoms with Crippen molar-refractivity contribution in [3.63, 3.8) is 0 Å². The van der Waals surface area contributed by atoms with E-state index in [1.165, 1.54) is 6.07 Å². The zero-order chi connectivity index (χ0) is 26.5. The van der Waals surface area contributed by atoms with Gasteiger partial charge in [0.2, 0.25) is 0 Å². The lowest BCUT2D eigenvalue weighted by atomic mass is 10.1. The number of aryl methyl sites for hydroxylation is 1. The van der Waals surface area contributed by atoms with E-state index < -0.39 is 11.4 Å². The maximum Gasteiger partial charge on any atom is 0.410 e. The molecule has 1 N–H and O–H groups in total. The van der Waals surface area contributed by atoms with Gasteiger partial charge in [0, 0.05) is 62.6 Å². The maximum absolute atomic E-state index is 14.5. The van der Waals surface area contributed by atoms with E-state index in [2.05, 4.69) is 20.2 Å². The molecule has 196 valence electrons. The van der Waals surface area contributed by atoms with Crippen LogP contribution in [0.5, 0.6) is 0 Å². The third-order valence-electron chi connectivity index (χ3n) is 6.71. The maximum atomic E-state index is 14.5. The smallest absolute Gasteiger partial charge is 0.410 e. The number of nitrogens with one attached hydrogen (secondary N) is 1. The molecule has 0 aromatic carbocycles. The Morgan fingerprint density at radius 1 is 1.24 bits per heavy atom. The van der Waals surface area contributed by atoms with Crippen molar-refractivity contribution in [2.75, 3.05) is 41.8 Å². The van der Waals surface area contributed by atoms with Crippen LogP contribution in [-0.4, -0.2) is 69.7 Å². The number of anilines is 3. The van der Waals surface area contributed by atoms with E-state index >= 15 is 0 Å². The van der Waals surface area contributed by atoms with Crippen molar-refractivity contribution in [1.82, 2.24) is 19.3 Å². The number of likely N-dealkylation sites (N-methyl/N-ethyl adjacent to an activating group) is 1. The van der Waals surface area contributed by atoms with E-state index in [0.29, 0.717) is 36.7 Å². The lowest BCUT2D eigenvalue weighted by Crippen LogP contribution is -2.42. The summed E-state index contributed by atoms with van der Waals surface area (Å²) in [6, 6.07) is 2.88. The van der Waals surface area contributed by atoms with Crippen molar-refractivity contribution in [2.45, 2.75) is 52.2 Å². The molecule has 11 heteroatoms. The highest BCUT2D eigenvalue weighted by atomic mass is 19.1. The molecule has 1 saturated heterocycles. The number of carbonyl (C=O) groups excluding carboxylic acids is 2. The highest BCUT2D eigenvalue weighted by Crippen LogP contribution is 2.36. The van der Waals surface area contributed by atoms with Crippen LogP contribution in [0.2, 0.25) is 0 Å². The number of urea groups is 1. The van der Waals surface area contributed by atoms with Gasteiger partial charge in [0.1, 0.15) is 11.4 Å². The third kappa shape index (κ3) is 4.90. The zero-order valence-corrected chi connectivity index (χ0v) is 21.8. The number of rotatable bonds is 3. The van der Waals surface area contributed by atoms with Crippen LogP contribution in [0.3, 0.4) is 0 Å². The van der Waals surface area contributed by atoms with Crippen LogP contribution < -0.4 is 15.1 Å². The number of aromatic nitrogens is 3. The van der Waals surface area contributed by atoms with Crippen LogP contribution in [0, 0.1) is 12.7 Å². The molecule has 37 heavy (non-hydrogen) atoms. The SMILES string of the molecule is Cc1cn2cc(NC(=O)N3CCc4c(N5CC[C@H](N(C)C(=O)OC(C)(C)C)C5)ccnc43)cc(F)c2n1. The van der Waals surface area contributed by atoms with Crippen molar-refractivity contribution in [2.24, 2.45) is 0 Å². The van der Waals surface area contributed by atoms with Gasteiger partial charge in [-0.25, -0.2) is 23.9 Å². The molecule has 3 aromatic rings. The molecule has 3 amide bonds. The van der Waals surface area contributed by atoms with E-state index in [0.717, 1.165) is 24.2 Å². The largest absolute Gasteiger partial charge is 0.444 e. The molecule has 5 heterocycles. The second-order valence-corrected chi connectivity index (χ2v) is 10.6. The molecule has 5 rings (SSSR count). The first-order chi connectivity index (χ1) is 17.5. The van der Waals surface area contributed by atoms with Crippen molar-refractivity contribution in [3.8, 4) is 0 Å². The molecule has 0 bridgehead atoms.